The van der Waals surface area contributed by atoms with Crippen LogP contribution in [0.1, 0.15) is 0 Å². The second kappa shape index (κ2) is 2.82. The van der Waals surface area contributed by atoms with Crippen LogP contribution in [0.4, 0.5) is 0 Å². The molecule has 0 atom stereocenters. The Labute approximate surface area is 55.2 Å². The SMILES string of the molecule is CN1CCN([C-]=O)CC1. The summed E-state index contributed by atoms with van der Waals surface area (Å²) in [5, 5.41) is 0. The van der Waals surface area contributed by atoms with Gasteiger partial charge in [-0.05, 0) is 7.05 Å². The van der Waals surface area contributed by atoms with Gasteiger partial charge in [0.05, 0.1) is 0 Å². The molecule has 1 heterocycles. The van der Waals surface area contributed by atoms with E-state index in [4.69, 9.17) is 0 Å². The number of likely N-dealkylation sites (N-methyl/N-ethyl adjacent to an activating group) is 1. The van der Waals surface area contributed by atoms with Crippen LogP contribution in [0.3, 0.4) is 0 Å². The summed E-state index contributed by atoms with van der Waals surface area (Å²) >= 11 is 0. The van der Waals surface area contributed by atoms with E-state index in [1.807, 2.05) is 6.41 Å². The highest BCUT2D eigenvalue weighted by molar-refractivity contribution is 5.48. The zero-order valence-electron chi connectivity index (χ0n) is 5.63. The topological polar surface area (TPSA) is 23.6 Å². The van der Waals surface area contributed by atoms with Gasteiger partial charge in [0.25, 0.3) is 0 Å². The Kier molecular flexibility index (Phi) is 2.05. The van der Waals surface area contributed by atoms with E-state index in [1.54, 1.807) is 4.90 Å². The quantitative estimate of drug-likeness (QED) is 0.435. The van der Waals surface area contributed by atoms with Gasteiger partial charge in [-0.1, -0.05) is 0 Å². The lowest BCUT2D eigenvalue weighted by Crippen LogP contribution is -2.43. The third-order valence-electron chi connectivity index (χ3n) is 1.63. The summed E-state index contributed by atoms with van der Waals surface area (Å²) in [6, 6.07) is 0. The van der Waals surface area contributed by atoms with Crippen molar-refractivity contribution in [1.82, 2.24) is 9.80 Å². The fourth-order valence-corrected chi connectivity index (χ4v) is 0.898. The van der Waals surface area contributed by atoms with E-state index in [0.29, 0.717) is 0 Å². The fourth-order valence-electron chi connectivity index (χ4n) is 0.898. The van der Waals surface area contributed by atoms with Crippen molar-refractivity contribution in [3.63, 3.8) is 0 Å². The Morgan fingerprint density at radius 1 is 1.22 bits per heavy atom. The summed E-state index contributed by atoms with van der Waals surface area (Å²) in [4.78, 5) is 13.9. The number of piperazine rings is 1. The highest BCUT2D eigenvalue weighted by atomic mass is 16.1. The molecule has 0 radical (unpaired) electrons. The van der Waals surface area contributed by atoms with Gasteiger partial charge in [-0.15, -0.1) is 0 Å². The van der Waals surface area contributed by atoms with Crippen LogP contribution in [-0.2, 0) is 4.79 Å². The van der Waals surface area contributed by atoms with Gasteiger partial charge in [0.2, 0.25) is 0 Å². The van der Waals surface area contributed by atoms with Crippen LogP contribution in [0.2, 0.25) is 0 Å². The maximum atomic E-state index is 10.0. The van der Waals surface area contributed by atoms with E-state index < -0.39 is 0 Å². The molecule has 0 aromatic carbocycles. The van der Waals surface area contributed by atoms with E-state index in [0.717, 1.165) is 26.2 Å². The van der Waals surface area contributed by atoms with E-state index in [-0.39, 0.29) is 0 Å². The van der Waals surface area contributed by atoms with Crippen LogP contribution < -0.4 is 0 Å². The van der Waals surface area contributed by atoms with Crippen LogP contribution in [-0.4, -0.2) is 49.4 Å². The van der Waals surface area contributed by atoms with Gasteiger partial charge in [-0.3, -0.25) is 0 Å². The minimum atomic E-state index is 0.833. The van der Waals surface area contributed by atoms with E-state index in [2.05, 4.69) is 11.9 Å². The number of hydrogen-bond donors (Lipinski definition) is 0. The largest absolute Gasteiger partial charge is 0.520 e. The Morgan fingerprint density at radius 3 is 2.22 bits per heavy atom. The van der Waals surface area contributed by atoms with Crippen molar-refractivity contribution in [3.8, 4) is 0 Å². The van der Waals surface area contributed by atoms with Gasteiger partial charge in [-0.25, -0.2) is 0 Å². The maximum absolute atomic E-state index is 10.0. The summed E-state index contributed by atoms with van der Waals surface area (Å²) in [6.07, 6.45) is 1.88. The summed E-state index contributed by atoms with van der Waals surface area (Å²) in [7, 11) is 2.06. The molecule has 1 rings (SSSR count). The van der Waals surface area contributed by atoms with Crippen LogP contribution in [0, 0.1) is 0 Å². The van der Waals surface area contributed by atoms with Crippen molar-refractivity contribution < 1.29 is 4.79 Å². The molecule has 0 bridgehead atoms. The number of nitrogens with zero attached hydrogens (tertiary/aromatic N) is 2. The molecule has 0 aliphatic carbocycles. The first-order chi connectivity index (χ1) is 4.33. The molecule has 9 heavy (non-hydrogen) atoms. The summed E-state index contributed by atoms with van der Waals surface area (Å²) < 4.78 is 0. The van der Waals surface area contributed by atoms with E-state index in [9.17, 15) is 4.79 Å². The van der Waals surface area contributed by atoms with Crippen molar-refractivity contribution in [2.45, 2.75) is 0 Å². The Morgan fingerprint density at radius 2 is 1.78 bits per heavy atom. The Hall–Kier alpha value is -0.570. The molecule has 1 aliphatic rings. The monoisotopic (exact) mass is 127 g/mol. The first-order valence-corrected chi connectivity index (χ1v) is 3.14. The lowest BCUT2D eigenvalue weighted by Gasteiger charge is -2.36. The molecule has 0 spiro atoms. The second-order valence-corrected chi connectivity index (χ2v) is 2.38. The van der Waals surface area contributed by atoms with E-state index >= 15 is 0 Å². The van der Waals surface area contributed by atoms with Crippen LogP contribution in [0.25, 0.3) is 0 Å². The molecule has 1 fully saturated rings. The van der Waals surface area contributed by atoms with Crippen LogP contribution in [0.15, 0.2) is 0 Å². The third kappa shape index (κ3) is 1.68. The predicted molar refractivity (Wildman–Crippen MR) is 34.8 cm³/mol. The molecule has 1 aliphatic heterocycles. The van der Waals surface area contributed by atoms with Crippen molar-refractivity contribution >= 4 is 6.41 Å². The molecular weight excluding hydrogens is 116 g/mol. The number of rotatable bonds is 1. The standard InChI is InChI=1S/C6H11N2O/c1-7-2-4-8(6-9)5-3-7/h2-5H2,1H3/q-1. The number of hydrogen-bond acceptors (Lipinski definition) is 2. The van der Waals surface area contributed by atoms with Crippen LogP contribution in [0.5, 0.6) is 0 Å². The summed E-state index contributed by atoms with van der Waals surface area (Å²) in [5.74, 6) is 0. The predicted octanol–water partition coefficient (Wildman–Crippen LogP) is -0.699. The fraction of sp³-hybridized carbons (Fsp3) is 0.833. The highest BCUT2D eigenvalue weighted by Crippen LogP contribution is 1.94. The Bertz CT molecular complexity index is 97.2. The molecule has 0 unspecified atom stereocenters. The van der Waals surface area contributed by atoms with Gasteiger partial charge < -0.3 is 14.6 Å². The lowest BCUT2D eigenvalue weighted by atomic mass is 10.4. The number of carbonyl (C=O) groups excluding carboxylic acids is 1. The zero-order chi connectivity index (χ0) is 6.69. The molecule has 1 saturated heterocycles. The number of amides is 1. The smallest absolute Gasteiger partial charge is 0.0130 e. The average Bonchev–Trinajstić information content (AvgIpc) is 1.90. The normalized spacial score (nSPS) is 22.1. The Balaban J connectivity index is 2.26. The average molecular weight is 127 g/mol. The van der Waals surface area contributed by atoms with Gasteiger partial charge in [0.1, 0.15) is 0 Å². The van der Waals surface area contributed by atoms with Crippen molar-refractivity contribution in [2.75, 3.05) is 33.2 Å². The van der Waals surface area contributed by atoms with Crippen molar-refractivity contribution in [1.29, 1.82) is 0 Å². The third-order valence-corrected chi connectivity index (χ3v) is 1.63. The second-order valence-electron chi connectivity index (χ2n) is 2.38. The zero-order valence-corrected chi connectivity index (χ0v) is 5.63. The highest BCUT2D eigenvalue weighted by Gasteiger charge is 2.04. The summed E-state index contributed by atoms with van der Waals surface area (Å²) in [5.41, 5.74) is 0. The maximum Gasteiger partial charge on any atom is 0.0130 e. The van der Waals surface area contributed by atoms with Crippen molar-refractivity contribution in [3.05, 3.63) is 0 Å². The van der Waals surface area contributed by atoms with Gasteiger partial charge in [-0.2, -0.15) is 6.41 Å². The molecule has 3 heteroatoms. The first kappa shape index (κ1) is 6.55. The van der Waals surface area contributed by atoms with E-state index in [1.165, 1.54) is 0 Å². The first-order valence-electron chi connectivity index (χ1n) is 3.14. The molecule has 1 amide bonds. The van der Waals surface area contributed by atoms with Crippen LogP contribution >= 0.6 is 0 Å². The van der Waals surface area contributed by atoms with Gasteiger partial charge >= 0.3 is 0 Å². The minimum absolute atomic E-state index is 0.833. The van der Waals surface area contributed by atoms with Gasteiger partial charge in [0, 0.05) is 26.2 Å². The molecule has 0 N–H and O–H groups in total. The lowest BCUT2D eigenvalue weighted by molar-refractivity contribution is 0.210. The molecule has 0 aromatic rings. The molecule has 3 nitrogen and oxygen atoms in total. The minimum Gasteiger partial charge on any atom is -0.520 e. The molecular formula is C6H11N2O-. The molecule has 52 valence electrons. The van der Waals surface area contributed by atoms with Gasteiger partial charge in [0.15, 0.2) is 0 Å². The molecule has 0 saturated carbocycles. The summed E-state index contributed by atoms with van der Waals surface area (Å²) in [6.45, 7) is 3.63. The van der Waals surface area contributed by atoms with Crippen molar-refractivity contribution in [2.24, 2.45) is 0 Å². The molecule has 0 aromatic heterocycles.